The molecule has 0 aromatic heterocycles. The molecule has 2 N–H and O–H groups in total. The van der Waals surface area contributed by atoms with Crippen molar-refractivity contribution >= 4 is 11.7 Å². The van der Waals surface area contributed by atoms with Gasteiger partial charge in [0.05, 0.1) is 0 Å². The van der Waals surface area contributed by atoms with E-state index in [1.807, 2.05) is 12.2 Å². The number of ether oxygens (including phenoxy) is 1. The Morgan fingerprint density at radius 3 is 2.47 bits per heavy atom. The number of hydrogen-bond donors (Lipinski definition) is 1. The minimum atomic E-state index is -0.682. The third kappa shape index (κ3) is 4.95. The van der Waals surface area contributed by atoms with Gasteiger partial charge in [-0.3, -0.25) is 9.59 Å². The van der Waals surface area contributed by atoms with E-state index < -0.39 is 18.1 Å². The van der Waals surface area contributed by atoms with Gasteiger partial charge in [0.15, 0.2) is 18.0 Å². The molecule has 0 spiro atoms. The van der Waals surface area contributed by atoms with Gasteiger partial charge in [0.2, 0.25) is 5.91 Å². The van der Waals surface area contributed by atoms with E-state index in [-0.39, 0.29) is 5.78 Å². The summed E-state index contributed by atoms with van der Waals surface area (Å²) in [4.78, 5) is 22.2. The zero-order valence-corrected chi connectivity index (χ0v) is 10.1. The van der Waals surface area contributed by atoms with Crippen LogP contribution in [0.2, 0.25) is 0 Å². The topological polar surface area (TPSA) is 72.7 Å². The van der Waals surface area contributed by atoms with E-state index in [0.29, 0.717) is 12.8 Å². The molecular formula is C13H19NO3. The van der Waals surface area contributed by atoms with Crippen LogP contribution < -0.4 is 5.73 Å². The minimum Gasteiger partial charge on any atom is -0.367 e. The highest BCUT2D eigenvalue weighted by atomic mass is 16.6. The maximum Gasteiger partial charge on any atom is 0.249 e. The molecule has 0 radical (unpaired) electrons. The van der Waals surface area contributed by atoms with Crippen molar-refractivity contribution in [2.75, 3.05) is 0 Å². The first-order chi connectivity index (χ1) is 8.16. The molecule has 1 aliphatic rings. The minimum absolute atomic E-state index is 0.0393. The maximum absolute atomic E-state index is 11.5. The standard InChI is InChI=1S/C13H19NO3/c1-2-3-4-5-6-7-8-9-10(15)11-12(17-11)13(14)16/h3-4,6-7,11-12H,2,5,8-9H2,1H3,(H2,14,16). The molecule has 0 aromatic carbocycles. The molecule has 17 heavy (non-hydrogen) atoms. The second-order valence-corrected chi connectivity index (χ2v) is 3.97. The second-order valence-electron chi connectivity index (χ2n) is 3.97. The van der Waals surface area contributed by atoms with Crippen LogP contribution in [0.4, 0.5) is 0 Å². The molecular weight excluding hydrogens is 218 g/mol. The van der Waals surface area contributed by atoms with Crippen LogP contribution >= 0.6 is 0 Å². The summed E-state index contributed by atoms with van der Waals surface area (Å²) in [6.07, 6.45) is 9.95. The molecule has 1 saturated heterocycles. The first kappa shape index (κ1) is 13.6. The molecule has 1 amide bonds. The molecule has 2 unspecified atom stereocenters. The van der Waals surface area contributed by atoms with E-state index in [9.17, 15) is 9.59 Å². The fourth-order valence-electron chi connectivity index (χ4n) is 1.50. The van der Waals surface area contributed by atoms with Gasteiger partial charge in [-0.05, 0) is 19.3 Å². The lowest BCUT2D eigenvalue weighted by Crippen LogP contribution is -2.22. The maximum atomic E-state index is 11.5. The molecule has 1 fully saturated rings. The SMILES string of the molecule is CCC=CCC=CCCC(=O)C1OC1C(N)=O. The van der Waals surface area contributed by atoms with Gasteiger partial charge in [0.1, 0.15) is 0 Å². The number of epoxide rings is 1. The van der Waals surface area contributed by atoms with E-state index in [0.717, 1.165) is 12.8 Å². The summed E-state index contributed by atoms with van der Waals surface area (Å²) < 4.78 is 4.89. The molecule has 0 bridgehead atoms. The highest BCUT2D eigenvalue weighted by Crippen LogP contribution is 2.24. The van der Waals surface area contributed by atoms with Gasteiger partial charge in [-0.15, -0.1) is 0 Å². The van der Waals surface area contributed by atoms with Crippen molar-refractivity contribution in [3.63, 3.8) is 0 Å². The Balaban J connectivity index is 2.09. The van der Waals surface area contributed by atoms with Crippen LogP contribution in [0.25, 0.3) is 0 Å². The fourth-order valence-corrected chi connectivity index (χ4v) is 1.50. The van der Waals surface area contributed by atoms with E-state index >= 15 is 0 Å². The molecule has 0 aromatic rings. The summed E-state index contributed by atoms with van der Waals surface area (Å²) in [6, 6.07) is 0. The van der Waals surface area contributed by atoms with Crippen LogP contribution in [0.3, 0.4) is 0 Å². The largest absolute Gasteiger partial charge is 0.367 e. The number of amides is 1. The first-order valence-electron chi connectivity index (χ1n) is 5.94. The Morgan fingerprint density at radius 2 is 1.88 bits per heavy atom. The van der Waals surface area contributed by atoms with Gasteiger partial charge in [-0.1, -0.05) is 31.2 Å². The van der Waals surface area contributed by atoms with E-state index in [4.69, 9.17) is 10.5 Å². The number of nitrogens with two attached hydrogens (primary N) is 1. The average Bonchev–Trinajstić information content (AvgIpc) is 3.07. The molecule has 2 atom stereocenters. The third-order valence-corrected chi connectivity index (χ3v) is 2.49. The summed E-state index contributed by atoms with van der Waals surface area (Å²) in [7, 11) is 0. The summed E-state index contributed by atoms with van der Waals surface area (Å²) in [5.74, 6) is -0.592. The molecule has 4 heteroatoms. The Bertz CT molecular complexity index is 334. The number of ketones is 1. The Kier molecular flexibility index (Phi) is 5.63. The van der Waals surface area contributed by atoms with Crippen molar-refractivity contribution in [1.82, 2.24) is 0 Å². The quantitative estimate of drug-likeness (QED) is 0.513. The van der Waals surface area contributed by atoms with Gasteiger partial charge < -0.3 is 10.5 Å². The van der Waals surface area contributed by atoms with Gasteiger partial charge in [-0.2, -0.15) is 0 Å². The average molecular weight is 237 g/mol. The Labute approximate surface area is 102 Å². The van der Waals surface area contributed by atoms with Crippen LogP contribution in [0.5, 0.6) is 0 Å². The van der Waals surface area contributed by atoms with Crippen molar-refractivity contribution < 1.29 is 14.3 Å². The summed E-state index contributed by atoms with van der Waals surface area (Å²) in [5, 5.41) is 0. The number of hydrogen-bond acceptors (Lipinski definition) is 3. The van der Waals surface area contributed by atoms with Crippen molar-refractivity contribution in [3.05, 3.63) is 24.3 Å². The summed E-state index contributed by atoms with van der Waals surface area (Å²) in [6.45, 7) is 2.09. The molecule has 1 aliphatic heterocycles. The fraction of sp³-hybridized carbons (Fsp3) is 0.538. The molecule has 1 rings (SSSR count). The van der Waals surface area contributed by atoms with Gasteiger partial charge in [-0.25, -0.2) is 0 Å². The number of carbonyl (C=O) groups excluding carboxylic acids is 2. The Morgan fingerprint density at radius 1 is 1.18 bits per heavy atom. The van der Waals surface area contributed by atoms with E-state index in [1.54, 1.807) is 0 Å². The number of primary amides is 1. The lowest BCUT2D eigenvalue weighted by molar-refractivity contribution is -0.121. The number of Topliss-reactive ketones (excluding diaryl/α,β-unsaturated/α-hetero) is 1. The zero-order valence-electron chi connectivity index (χ0n) is 10.1. The van der Waals surface area contributed by atoms with E-state index in [2.05, 4.69) is 19.1 Å². The molecule has 4 nitrogen and oxygen atoms in total. The molecule has 94 valence electrons. The van der Waals surface area contributed by atoms with Crippen LogP contribution in [-0.4, -0.2) is 23.9 Å². The normalized spacial score (nSPS) is 23.4. The van der Waals surface area contributed by atoms with Gasteiger partial charge >= 0.3 is 0 Å². The number of carbonyl (C=O) groups is 2. The highest BCUT2D eigenvalue weighted by molar-refractivity contribution is 5.95. The number of rotatable bonds is 8. The van der Waals surface area contributed by atoms with E-state index in [1.165, 1.54) is 0 Å². The van der Waals surface area contributed by atoms with Gasteiger partial charge in [0.25, 0.3) is 0 Å². The van der Waals surface area contributed by atoms with Crippen molar-refractivity contribution in [3.8, 4) is 0 Å². The van der Waals surface area contributed by atoms with Crippen molar-refractivity contribution in [2.45, 2.75) is 44.8 Å². The van der Waals surface area contributed by atoms with Crippen molar-refractivity contribution in [1.29, 1.82) is 0 Å². The van der Waals surface area contributed by atoms with Crippen LogP contribution in [-0.2, 0) is 14.3 Å². The van der Waals surface area contributed by atoms with Crippen molar-refractivity contribution in [2.24, 2.45) is 5.73 Å². The van der Waals surface area contributed by atoms with Gasteiger partial charge in [0, 0.05) is 6.42 Å². The second kappa shape index (κ2) is 7.01. The first-order valence-corrected chi connectivity index (χ1v) is 5.94. The van der Waals surface area contributed by atoms with Crippen LogP contribution in [0.1, 0.15) is 32.6 Å². The lowest BCUT2D eigenvalue weighted by atomic mass is 10.1. The van der Waals surface area contributed by atoms with Crippen LogP contribution in [0.15, 0.2) is 24.3 Å². The highest BCUT2D eigenvalue weighted by Gasteiger charge is 2.48. The Hall–Kier alpha value is -1.42. The summed E-state index contributed by atoms with van der Waals surface area (Å²) in [5.41, 5.74) is 5.01. The molecule has 1 heterocycles. The summed E-state index contributed by atoms with van der Waals surface area (Å²) >= 11 is 0. The zero-order chi connectivity index (χ0) is 12.7. The lowest BCUT2D eigenvalue weighted by Gasteiger charge is -1.92. The smallest absolute Gasteiger partial charge is 0.249 e. The third-order valence-electron chi connectivity index (χ3n) is 2.49. The molecule has 0 aliphatic carbocycles. The monoisotopic (exact) mass is 237 g/mol. The number of allylic oxidation sites excluding steroid dienone is 4. The molecule has 0 saturated carbocycles. The predicted molar refractivity (Wildman–Crippen MR) is 65.3 cm³/mol. The van der Waals surface area contributed by atoms with Crippen LogP contribution in [0, 0.1) is 0 Å². The predicted octanol–water partition coefficient (Wildman–Crippen LogP) is 1.50.